The number of halogens is 1. The van der Waals surface area contributed by atoms with E-state index in [0.717, 1.165) is 82.6 Å². The predicted molar refractivity (Wildman–Crippen MR) is 153 cm³/mol. The first-order valence-electron chi connectivity index (χ1n) is 13.7. The minimum Gasteiger partial charge on any atom is -0.494 e. The molecule has 2 aliphatic heterocycles. The first kappa shape index (κ1) is 25.7. The van der Waals surface area contributed by atoms with Gasteiger partial charge in [0.05, 0.1) is 24.6 Å². The van der Waals surface area contributed by atoms with Gasteiger partial charge >= 0.3 is 0 Å². The van der Waals surface area contributed by atoms with Crippen molar-refractivity contribution in [1.82, 2.24) is 14.6 Å². The summed E-state index contributed by atoms with van der Waals surface area (Å²) in [6.07, 6.45) is 4.97. The summed E-state index contributed by atoms with van der Waals surface area (Å²) in [6, 6.07) is 22.6. The minimum atomic E-state index is -0.329. The molecule has 6 bridgehead atoms. The molecule has 6 nitrogen and oxygen atoms in total. The monoisotopic (exact) mass is 535 g/mol. The second kappa shape index (κ2) is 11.3. The standard InChI is InChI=1S/C33H30FN3O3/c1-22-28(15-16-38)33-23-9-12-27(13-10-23)39-17-4-2-3-5-18-40-31-20-26(34)11-14-29(31)24-7-6-8-25(19-24)30-21-32(35-22)37(33)36-30/h6-14,16,19-21H,2-5,15,17-18H2,1H3. The highest BCUT2D eigenvalue weighted by atomic mass is 19.1. The van der Waals surface area contributed by atoms with Crippen molar-refractivity contribution < 1.29 is 18.7 Å². The van der Waals surface area contributed by atoms with Crippen molar-refractivity contribution in [3.63, 3.8) is 0 Å². The highest BCUT2D eigenvalue weighted by Gasteiger charge is 2.18. The molecule has 0 saturated carbocycles. The van der Waals surface area contributed by atoms with Gasteiger partial charge in [-0.2, -0.15) is 5.10 Å². The largest absolute Gasteiger partial charge is 0.494 e. The van der Waals surface area contributed by atoms with Crippen LogP contribution in [-0.2, 0) is 11.2 Å². The number of aldehydes is 1. The lowest BCUT2D eigenvalue weighted by Gasteiger charge is -2.13. The molecule has 4 heterocycles. The van der Waals surface area contributed by atoms with Crippen LogP contribution in [0.5, 0.6) is 11.5 Å². The van der Waals surface area contributed by atoms with Gasteiger partial charge in [0.25, 0.3) is 0 Å². The van der Waals surface area contributed by atoms with Crippen molar-refractivity contribution in [3.05, 3.63) is 89.9 Å². The fourth-order valence-corrected chi connectivity index (χ4v) is 5.26. The Labute approximate surface area is 232 Å². The zero-order valence-electron chi connectivity index (χ0n) is 22.4. The third-order valence-corrected chi connectivity index (χ3v) is 7.30. The number of fused-ring (bicyclic) bond motifs is 9. The van der Waals surface area contributed by atoms with Gasteiger partial charge in [-0.05, 0) is 80.6 Å². The molecule has 2 aromatic heterocycles. The van der Waals surface area contributed by atoms with E-state index in [1.807, 2.05) is 66.0 Å². The molecule has 0 spiro atoms. The Morgan fingerprint density at radius 2 is 1.65 bits per heavy atom. The van der Waals surface area contributed by atoms with Crippen LogP contribution in [0.15, 0.2) is 72.8 Å². The van der Waals surface area contributed by atoms with Crippen molar-refractivity contribution >= 4 is 11.9 Å². The van der Waals surface area contributed by atoms with Crippen LogP contribution in [0, 0.1) is 12.7 Å². The Balaban J connectivity index is 1.51. The number of hydrogen-bond acceptors (Lipinski definition) is 5. The maximum absolute atomic E-state index is 14.2. The van der Waals surface area contributed by atoms with Crippen molar-refractivity contribution in [2.45, 2.75) is 39.0 Å². The van der Waals surface area contributed by atoms with E-state index in [1.54, 1.807) is 6.07 Å². The van der Waals surface area contributed by atoms with Gasteiger partial charge in [0.15, 0.2) is 5.65 Å². The number of carbonyl (C=O) groups excluding carboxylic acids is 1. The molecular formula is C33H30FN3O3. The highest BCUT2D eigenvalue weighted by molar-refractivity contribution is 5.78. The van der Waals surface area contributed by atoms with Crippen LogP contribution in [0.4, 0.5) is 4.39 Å². The Bertz CT molecular complexity index is 1680. The molecule has 7 heteroatoms. The van der Waals surface area contributed by atoms with Gasteiger partial charge in [-0.3, -0.25) is 0 Å². The number of hydrogen-bond donors (Lipinski definition) is 0. The van der Waals surface area contributed by atoms with E-state index in [-0.39, 0.29) is 12.2 Å². The third-order valence-electron chi connectivity index (χ3n) is 7.30. The number of nitrogens with zero attached hydrogens (tertiary/aromatic N) is 3. The molecule has 0 unspecified atom stereocenters. The van der Waals surface area contributed by atoms with Gasteiger partial charge in [0.1, 0.15) is 23.6 Å². The van der Waals surface area contributed by atoms with Gasteiger partial charge in [0.2, 0.25) is 0 Å². The molecule has 0 saturated heterocycles. The zero-order valence-corrected chi connectivity index (χ0v) is 22.4. The van der Waals surface area contributed by atoms with Gasteiger partial charge in [-0.1, -0.05) is 18.2 Å². The molecule has 202 valence electrons. The molecule has 2 aliphatic rings. The van der Waals surface area contributed by atoms with Crippen LogP contribution >= 0.6 is 0 Å². The second-order valence-electron chi connectivity index (χ2n) is 10.1. The number of benzene rings is 3. The molecule has 3 aromatic carbocycles. The summed E-state index contributed by atoms with van der Waals surface area (Å²) in [5.41, 5.74) is 7.47. The molecule has 40 heavy (non-hydrogen) atoms. The minimum absolute atomic E-state index is 0.236. The maximum atomic E-state index is 14.2. The van der Waals surface area contributed by atoms with Crippen LogP contribution in [0.25, 0.3) is 39.3 Å². The van der Waals surface area contributed by atoms with E-state index < -0.39 is 0 Å². The summed E-state index contributed by atoms with van der Waals surface area (Å²) in [5.74, 6) is 0.999. The Hall–Kier alpha value is -4.52. The first-order valence-corrected chi connectivity index (χ1v) is 13.7. The SMILES string of the molecule is Cc1nc2cc3nn2c(c1CC=O)-c1ccc(cc1)OCCCCCCOc1cc(F)ccc1-c1cccc-3c1. The van der Waals surface area contributed by atoms with E-state index >= 15 is 0 Å². The van der Waals surface area contributed by atoms with E-state index in [0.29, 0.717) is 24.6 Å². The quantitative estimate of drug-likeness (QED) is 0.223. The average Bonchev–Trinajstić information content (AvgIpc) is 3.38. The summed E-state index contributed by atoms with van der Waals surface area (Å²) < 4.78 is 28.1. The van der Waals surface area contributed by atoms with E-state index in [4.69, 9.17) is 19.6 Å². The van der Waals surface area contributed by atoms with Gasteiger partial charge in [-0.15, -0.1) is 0 Å². The summed E-state index contributed by atoms with van der Waals surface area (Å²) in [4.78, 5) is 16.4. The average molecular weight is 536 g/mol. The fourth-order valence-electron chi connectivity index (χ4n) is 5.26. The Kier molecular flexibility index (Phi) is 7.27. The topological polar surface area (TPSA) is 65.7 Å². The van der Waals surface area contributed by atoms with Crippen LogP contribution in [0.2, 0.25) is 0 Å². The predicted octanol–water partition coefficient (Wildman–Crippen LogP) is 7.25. The summed E-state index contributed by atoms with van der Waals surface area (Å²) in [6.45, 7) is 3.07. The Morgan fingerprint density at radius 1 is 0.875 bits per heavy atom. The van der Waals surface area contributed by atoms with Crippen LogP contribution in [0.1, 0.15) is 36.9 Å². The number of aryl methyl sites for hydroxylation is 1. The fraction of sp³-hybridized carbons (Fsp3) is 0.242. The highest BCUT2D eigenvalue weighted by Crippen LogP contribution is 2.35. The number of carbonyl (C=O) groups is 1. The van der Waals surface area contributed by atoms with Crippen molar-refractivity contribution in [1.29, 1.82) is 0 Å². The molecule has 0 radical (unpaired) electrons. The summed E-state index contributed by atoms with van der Waals surface area (Å²) in [7, 11) is 0. The molecule has 0 amide bonds. The number of rotatable bonds is 2. The summed E-state index contributed by atoms with van der Waals surface area (Å²) in [5, 5.41) is 4.96. The lowest BCUT2D eigenvalue weighted by atomic mass is 10.0. The molecule has 0 N–H and O–H groups in total. The molecule has 7 rings (SSSR count). The Morgan fingerprint density at radius 3 is 2.45 bits per heavy atom. The number of aromatic nitrogens is 3. The van der Waals surface area contributed by atoms with Gasteiger partial charge < -0.3 is 14.3 Å². The molecule has 0 aliphatic carbocycles. The van der Waals surface area contributed by atoms with Gasteiger partial charge in [-0.25, -0.2) is 13.9 Å². The van der Waals surface area contributed by atoms with Crippen LogP contribution in [0.3, 0.4) is 0 Å². The van der Waals surface area contributed by atoms with Crippen LogP contribution in [-0.4, -0.2) is 34.1 Å². The molecule has 0 atom stereocenters. The second-order valence-corrected chi connectivity index (χ2v) is 10.1. The smallest absolute Gasteiger partial charge is 0.156 e. The van der Waals surface area contributed by atoms with E-state index in [9.17, 15) is 9.18 Å². The zero-order chi connectivity index (χ0) is 27.5. The lowest BCUT2D eigenvalue weighted by Crippen LogP contribution is -2.06. The normalized spacial score (nSPS) is 13.8. The van der Waals surface area contributed by atoms with Crippen molar-refractivity contribution in [2.24, 2.45) is 0 Å². The van der Waals surface area contributed by atoms with Crippen LogP contribution < -0.4 is 9.47 Å². The molecular weight excluding hydrogens is 505 g/mol. The van der Waals surface area contributed by atoms with Crippen molar-refractivity contribution in [2.75, 3.05) is 13.2 Å². The molecule has 5 aromatic rings. The van der Waals surface area contributed by atoms with E-state index in [2.05, 4.69) is 0 Å². The first-order chi connectivity index (χ1) is 19.6. The van der Waals surface area contributed by atoms with E-state index in [1.165, 1.54) is 12.1 Å². The lowest BCUT2D eigenvalue weighted by molar-refractivity contribution is -0.107. The third kappa shape index (κ3) is 5.19. The van der Waals surface area contributed by atoms with Gasteiger partial charge in [0, 0.05) is 46.5 Å². The maximum Gasteiger partial charge on any atom is 0.156 e. The summed E-state index contributed by atoms with van der Waals surface area (Å²) >= 11 is 0. The van der Waals surface area contributed by atoms with Crippen molar-refractivity contribution in [3.8, 4) is 45.1 Å². The number of ether oxygens (including phenoxy) is 2. The molecule has 0 fully saturated rings.